The summed E-state index contributed by atoms with van der Waals surface area (Å²) in [5, 5.41) is 6.19. The molecule has 0 spiro atoms. The molecule has 0 saturated carbocycles. The van der Waals surface area contributed by atoms with Gasteiger partial charge in [-0.1, -0.05) is 6.07 Å². The zero-order valence-corrected chi connectivity index (χ0v) is 18.4. The summed E-state index contributed by atoms with van der Waals surface area (Å²) < 4.78 is 16.6. The van der Waals surface area contributed by atoms with Gasteiger partial charge in [-0.05, 0) is 41.6 Å². The number of nitrogens with zero attached hydrogens (tertiary/aromatic N) is 3. The molecular formula is C21H20N4O7S. The van der Waals surface area contributed by atoms with Crippen LogP contribution < -0.4 is 20.3 Å². The number of fused-ring (bicyclic) bond motifs is 1. The minimum Gasteiger partial charge on any atom is -0.454 e. The van der Waals surface area contributed by atoms with Gasteiger partial charge in [0.15, 0.2) is 11.5 Å². The minimum absolute atomic E-state index is 0.00179. The van der Waals surface area contributed by atoms with Crippen molar-refractivity contribution in [2.24, 2.45) is 0 Å². The molecule has 3 amide bonds. The topological polar surface area (TPSA) is 129 Å². The number of nitrogens with one attached hydrogen (secondary N) is 1. The van der Waals surface area contributed by atoms with Crippen LogP contribution in [0.5, 0.6) is 11.5 Å². The summed E-state index contributed by atoms with van der Waals surface area (Å²) in [5.41, 5.74) is 0.394. The van der Waals surface area contributed by atoms with Gasteiger partial charge in [0.05, 0.1) is 18.1 Å². The standard InChI is InChI=1S/C21H20N4O7S/c1-30-9-8-25-18(26)5-3-14(23-25)19(27)22-6-7-24-20(28)17(33-21(24)29)11-13-2-4-15-16(10-13)32-12-31-15/h2-5,10-11H,6-9,12H2,1H3,(H,22,27). The summed E-state index contributed by atoms with van der Waals surface area (Å²) in [6.07, 6.45) is 1.61. The van der Waals surface area contributed by atoms with E-state index in [4.69, 9.17) is 14.2 Å². The molecule has 1 aromatic carbocycles. The summed E-state index contributed by atoms with van der Waals surface area (Å²) >= 11 is 0.828. The Morgan fingerprint density at radius 3 is 2.82 bits per heavy atom. The van der Waals surface area contributed by atoms with Crippen LogP contribution in [0.15, 0.2) is 40.0 Å². The van der Waals surface area contributed by atoms with Crippen LogP contribution in [0.2, 0.25) is 0 Å². The van der Waals surface area contributed by atoms with Gasteiger partial charge in [0, 0.05) is 26.3 Å². The van der Waals surface area contributed by atoms with Gasteiger partial charge >= 0.3 is 0 Å². The van der Waals surface area contributed by atoms with Crippen LogP contribution in [0.3, 0.4) is 0 Å². The lowest BCUT2D eigenvalue weighted by atomic mass is 10.2. The van der Waals surface area contributed by atoms with Crippen molar-refractivity contribution in [3.8, 4) is 11.5 Å². The lowest BCUT2D eigenvalue weighted by molar-refractivity contribution is -0.122. The Bertz CT molecular complexity index is 1190. The Kier molecular flexibility index (Phi) is 6.75. The van der Waals surface area contributed by atoms with Crippen molar-refractivity contribution in [1.29, 1.82) is 0 Å². The average Bonchev–Trinajstić information content (AvgIpc) is 3.37. The highest BCUT2D eigenvalue weighted by Gasteiger charge is 2.34. The quantitative estimate of drug-likeness (QED) is 0.561. The minimum atomic E-state index is -0.524. The lowest BCUT2D eigenvalue weighted by Crippen LogP contribution is -2.38. The number of benzene rings is 1. The van der Waals surface area contributed by atoms with Crippen molar-refractivity contribution in [2.45, 2.75) is 6.54 Å². The number of ether oxygens (including phenoxy) is 3. The highest BCUT2D eigenvalue weighted by atomic mass is 32.2. The van der Waals surface area contributed by atoms with Crippen LogP contribution in [-0.2, 0) is 16.1 Å². The predicted octanol–water partition coefficient (Wildman–Crippen LogP) is 1.08. The van der Waals surface area contributed by atoms with Crippen LogP contribution in [0, 0.1) is 0 Å². The van der Waals surface area contributed by atoms with Gasteiger partial charge < -0.3 is 19.5 Å². The first-order valence-electron chi connectivity index (χ1n) is 9.96. The van der Waals surface area contributed by atoms with E-state index in [9.17, 15) is 19.2 Å². The fourth-order valence-electron chi connectivity index (χ4n) is 3.13. The Hall–Kier alpha value is -3.64. The van der Waals surface area contributed by atoms with Gasteiger partial charge in [-0.15, -0.1) is 0 Å². The van der Waals surface area contributed by atoms with E-state index >= 15 is 0 Å². The number of rotatable bonds is 8. The molecule has 1 saturated heterocycles. The van der Waals surface area contributed by atoms with Crippen LogP contribution in [0.25, 0.3) is 6.08 Å². The molecule has 3 heterocycles. The zero-order valence-electron chi connectivity index (χ0n) is 17.6. The molecule has 2 aromatic rings. The first kappa shape index (κ1) is 22.6. The molecule has 0 unspecified atom stereocenters. The average molecular weight is 472 g/mol. The van der Waals surface area contributed by atoms with E-state index in [1.165, 1.54) is 19.2 Å². The maximum Gasteiger partial charge on any atom is 0.293 e. The first-order valence-corrected chi connectivity index (χ1v) is 10.8. The third kappa shape index (κ3) is 5.07. The van der Waals surface area contributed by atoms with Crippen molar-refractivity contribution >= 4 is 34.9 Å². The van der Waals surface area contributed by atoms with Crippen molar-refractivity contribution < 1.29 is 28.6 Å². The molecule has 172 valence electrons. The van der Waals surface area contributed by atoms with Crippen molar-refractivity contribution in [3.63, 3.8) is 0 Å². The van der Waals surface area contributed by atoms with Crippen molar-refractivity contribution in [3.05, 3.63) is 56.8 Å². The molecule has 0 atom stereocenters. The number of amides is 3. The van der Waals surface area contributed by atoms with Crippen molar-refractivity contribution in [1.82, 2.24) is 20.0 Å². The maximum atomic E-state index is 12.7. The van der Waals surface area contributed by atoms with E-state index in [-0.39, 0.29) is 49.2 Å². The van der Waals surface area contributed by atoms with E-state index in [1.807, 2.05) is 0 Å². The van der Waals surface area contributed by atoms with Gasteiger partial charge in [-0.2, -0.15) is 5.10 Å². The van der Waals surface area contributed by atoms with Gasteiger partial charge in [0.1, 0.15) is 5.69 Å². The smallest absolute Gasteiger partial charge is 0.293 e. The summed E-state index contributed by atoms with van der Waals surface area (Å²) in [6, 6.07) is 7.79. The molecule has 0 radical (unpaired) electrons. The Labute approximate surface area is 192 Å². The number of thioether (sulfide) groups is 1. The van der Waals surface area contributed by atoms with Gasteiger partial charge in [0.25, 0.3) is 22.6 Å². The van der Waals surface area contributed by atoms with E-state index in [1.54, 1.807) is 24.3 Å². The second-order valence-electron chi connectivity index (χ2n) is 6.97. The zero-order chi connectivity index (χ0) is 23.4. The molecular weight excluding hydrogens is 452 g/mol. The van der Waals surface area contributed by atoms with Crippen LogP contribution in [-0.4, -0.2) is 65.3 Å². The number of carbonyl (C=O) groups excluding carboxylic acids is 3. The largest absolute Gasteiger partial charge is 0.454 e. The normalized spacial score (nSPS) is 16.0. The molecule has 11 nitrogen and oxygen atoms in total. The van der Waals surface area contributed by atoms with E-state index in [0.717, 1.165) is 21.3 Å². The highest BCUT2D eigenvalue weighted by molar-refractivity contribution is 8.18. The second-order valence-corrected chi connectivity index (χ2v) is 7.97. The van der Waals surface area contributed by atoms with Crippen LogP contribution in [0.1, 0.15) is 16.1 Å². The number of methoxy groups -OCH3 is 1. The molecule has 1 fully saturated rings. The second kappa shape index (κ2) is 9.88. The summed E-state index contributed by atoms with van der Waals surface area (Å²) in [4.78, 5) is 50.5. The first-order chi connectivity index (χ1) is 16.0. The monoisotopic (exact) mass is 472 g/mol. The van der Waals surface area contributed by atoms with E-state index in [2.05, 4.69) is 10.4 Å². The van der Waals surface area contributed by atoms with Gasteiger partial charge in [0.2, 0.25) is 6.79 Å². The van der Waals surface area contributed by atoms with E-state index < -0.39 is 17.1 Å². The fraction of sp³-hybridized carbons (Fsp3) is 0.286. The Morgan fingerprint density at radius 2 is 2.00 bits per heavy atom. The molecule has 0 bridgehead atoms. The maximum absolute atomic E-state index is 12.7. The van der Waals surface area contributed by atoms with Crippen molar-refractivity contribution in [2.75, 3.05) is 33.6 Å². The molecule has 2 aliphatic rings. The summed E-state index contributed by atoms with van der Waals surface area (Å²) in [5.74, 6) is 0.236. The SMILES string of the molecule is COCCn1nc(C(=O)NCCN2C(=O)SC(=Cc3ccc4c(c3)OCO4)C2=O)ccc1=O. The number of hydrogen-bond acceptors (Lipinski definition) is 9. The molecule has 4 rings (SSSR count). The Balaban J connectivity index is 1.35. The molecule has 0 aliphatic carbocycles. The summed E-state index contributed by atoms with van der Waals surface area (Å²) in [6.45, 7) is 0.663. The number of carbonyl (C=O) groups is 3. The number of imide groups is 1. The molecule has 33 heavy (non-hydrogen) atoms. The van der Waals surface area contributed by atoms with Crippen LogP contribution >= 0.6 is 11.8 Å². The lowest BCUT2D eigenvalue weighted by Gasteiger charge is -2.13. The molecule has 1 aromatic heterocycles. The highest BCUT2D eigenvalue weighted by Crippen LogP contribution is 2.36. The predicted molar refractivity (Wildman–Crippen MR) is 118 cm³/mol. The van der Waals surface area contributed by atoms with Crippen LogP contribution in [0.4, 0.5) is 4.79 Å². The van der Waals surface area contributed by atoms with Gasteiger partial charge in [-0.3, -0.25) is 24.1 Å². The molecule has 1 N–H and O–H groups in total. The summed E-state index contributed by atoms with van der Waals surface area (Å²) in [7, 11) is 1.50. The van der Waals surface area contributed by atoms with E-state index in [0.29, 0.717) is 17.1 Å². The number of aromatic nitrogens is 2. The number of hydrogen-bond donors (Lipinski definition) is 1. The molecule has 2 aliphatic heterocycles. The Morgan fingerprint density at radius 1 is 1.18 bits per heavy atom. The fourth-order valence-corrected chi connectivity index (χ4v) is 3.99. The van der Waals surface area contributed by atoms with Gasteiger partial charge in [-0.25, -0.2) is 4.68 Å². The third-order valence-corrected chi connectivity index (χ3v) is 5.70. The molecule has 12 heteroatoms. The third-order valence-electron chi connectivity index (χ3n) is 4.80.